The van der Waals surface area contributed by atoms with E-state index in [4.69, 9.17) is 0 Å². The molecule has 4 aliphatic rings. The number of carbonyl (C=O) groups is 2. The Morgan fingerprint density at radius 1 is 1.14 bits per heavy atom. The van der Waals surface area contributed by atoms with Crippen molar-refractivity contribution in [2.75, 3.05) is 0 Å². The average molecular weight is 298 g/mol. The molecule has 0 radical (unpaired) electrons. The molecule has 6 atom stereocenters. The maximum Gasteiger partial charge on any atom is 0.163 e. The van der Waals surface area contributed by atoms with Crippen molar-refractivity contribution >= 4 is 11.6 Å². The predicted octanol–water partition coefficient (Wildman–Crippen LogP) is 3.97. The minimum Gasteiger partial charge on any atom is -0.294 e. The topological polar surface area (TPSA) is 34.1 Å². The monoisotopic (exact) mass is 298 g/mol. The lowest BCUT2D eigenvalue weighted by Crippen LogP contribution is -2.38. The molecular formula is C20H26O2. The molecule has 4 rings (SSSR count). The van der Waals surface area contributed by atoms with Gasteiger partial charge in [-0.3, -0.25) is 9.59 Å². The molecule has 0 aliphatic heterocycles. The second kappa shape index (κ2) is 4.21. The standard InChI is InChI=1S/C20H26O2/c1-9-6-7-13-17(20(13,4)5)15-11(3)19(22)12-8-10(2)18(21)16(12)14(9)15/h10-11,13-15,17H,1,6-8H2,2-5H3/t10-,11-,13?,14?,15?,17?/m0/s1. The smallest absolute Gasteiger partial charge is 0.163 e. The van der Waals surface area contributed by atoms with Crippen LogP contribution in [0.25, 0.3) is 0 Å². The molecule has 0 spiro atoms. The fourth-order valence-electron chi connectivity index (χ4n) is 6.02. The number of rotatable bonds is 0. The molecule has 0 aromatic carbocycles. The van der Waals surface area contributed by atoms with Gasteiger partial charge in [-0.1, -0.05) is 39.8 Å². The number of Topliss-reactive ketones (excluding diaryl/α,β-unsaturated/α-hetero) is 2. The van der Waals surface area contributed by atoms with Crippen molar-refractivity contribution in [3.8, 4) is 0 Å². The molecule has 22 heavy (non-hydrogen) atoms. The van der Waals surface area contributed by atoms with Crippen molar-refractivity contribution in [1.82, 2.24) is 0 Å². The first-order valence-corrected chi connectivity index (χ1v) is 8.76. The van der Waals surface area contributed by atoms with Crippen LogP contribution in [0.15, 0.2) is 23.3 Å². The minimum atomic E-state index is -0.0148. The predicted molar refractivity (Wildman–Crippen MR) is 86.1 cm³/mol. The molecular weight excluding hydrogens is 272 g/mol. The zero-order valence-corrected chi connectivity index (χ0v) is 14.1. The van der Waals surface area contributed by atoms with E-state index in [0.29, 0.717) is 29.6 Å². The van der Waals surface area contributed by atoms with Crippen molar-refractivity contribution in [2.45, 2.75) is 47.0 Å². The van der Waals surface area contributed by atoms with E-state index in [1.807, 2.05) is 6.92 Å². The maximum absolute atomic E-state index is 12.9. The van der Waals surface area contributed by atoms with E-state index in [1.54, 1.807) is 0 Å². The molecule has 2 saturated carbocycles. The summed E-state index contributed by atoms with van der Waals surface area (Å²) in [5.41, 5.74) is 3.25. The Morgan fingerprint density at radius 2 is 1.82 bits per heavy atom. The van der Waals surface area contributed by atoms with Crippen molar-refractivity contribution in [2.24, 2.45) is 40.9 Å². The fraction of sp³-hybridized carbons (Fsp3) is 0.700. The minimum absolute atomic E-state index is 0.0148. The Kier molecular flexibility index (Phi) is 2.76. The Labute approximate surface area is 133 Å². The largest absolute Gasteiger partial charge is 0.294 e. The van der Waals surface area contributed by atoms with E-state index in [-0.39, 0.29) is 29.3 Å². The van der Waals surface area contributed by atoms with Gasteiger partial charge in [-0.2, -0.15) is 0 Å². The van der Waals surface area contributed by atoms with Gasteiger partial charge in [0, 0.05) is 28.9 Å². The normalized spacial score (nSPS) is 46.1. The molecule has 0 aromatic heterocycles. The van der Waals surface area contributed by atoms with Crippen LogP contribution in [0.2, 0.25) is 0 Å². The van der Waals surface area contributed by atoms with Gasteiger partial charge in [0.25, 0.3) is 0 Å². The summed E-state index contributed by atoms with van der Waals surface area (Å²) in [5.74, 6) is 2.24. The van der Waals surface area contributed by atoms with E-state index in [1.165, 1.54) is 12.0 Å². The molecule has 0 heterocycles. The van der Waals surface area contributed by atoms with Crippen LogP contribution in [-0.2, 0) is 9.59 Å². The SMILES string of the molecule is C=C1CCC2C(C3C1C1=C(C[C@H](C)C1=O)C(=O)[C@H]3C)C2(C)C. The number of allylic oxidation sites excluding steroid dienone is 3. The van der Waals surface area contributed by atoms with E-state index in [2.05, 4.69) is 27.4 Å². The molecule has 2 fully saturated rings. The van der Waals surface area contributed by atoms with Gasteiger partial charge >= 0.3 is 0 Å². The van der Waals surface area contributed by atoms with Crippen LogP contribution in [0.1, 0.15) is 47.0 Å². The lowest BCUT2D eigenvalue weighted by Gasteiger charge is -2.38. The molecule has 4 aliphatic carbocycles. The molecule has 2 heteroatoms. The highest BCUT2D eigenvalue weighted by Crippen LogP contribution is 2.70. The van der Waals surface area contributed by atoms with Gasteiger partial charge < -0.3 is 0 Å². The summed E-state index contributed by atoms with van der Waals surface area (Å²) in [6.45, 7) is 13.1. The van der Waals surface area contributed by atoms with Crippen LogP contribution in [0.5, 0.6) is 0 Å². The first-order chi connectivity index (χ1) is 10.3. The zero-order valence-electron chi connectivity index (χ0n) is 14.1. The Hall–Kier alpha value is -1.18. The van der Waals surface area contributed by atoms with E-state index >= 15 is 0 Å². The molecule has 0 bridgehead atoms. The summed E-state index contributed by atoms with van der Waals surface area (Å²) in [5, 5.41) is 0. The van der Waals surface area contributed by atoms with E-state index < -0.39 is 0 Å². The Balaban J connectivity index is 1.87. The summed E-state index contributed by atoms with van der Waals surface area (Å²) >= 11 is 0. The third kappa shape index (κ3) is 1.56. The van der Waals surface area contributed by atoms with Gasteiger partial charge in [-0.15, -0.1) is 0 Å². The van der Waals surface area contributed by atoms with Crippen LogP contribution in [-0.4, -0.2) is 11.6 Å². The van der Waals surface area contributed by atoms with Gasteiger partial charge in [0.15, 0.2) is 11.6 Å². The van der Waals surface area contributed by atoms with Gasteiger partial charge in [0.05, 0.1) is 0 Å². The van der Waals surface area contributed by atoms with E-state index in [0.717, 1.165) is 17.6 Å². The quantitative estimate of drug-likeness (QED) is 0.634. The van der Waals surface area contributed by atoms with E-state index in [9.17, 15) is 9.59 Å². The molecule has 4 unspecified atom stereocenters. The Morgan fingerprint density at radius 3 is 2.50 bits per heavy atom. The average Bonchev–Trinajstić information content (AvgIpc) is 2.93. The summed E-state index contributed by atoms with van der Waals surface area (Å²) in [6, 6.07) is 0. The van der Waals surface area contributed by atoms with Gasteiger partial charge in [-0.25, -0.2) is 0 Å². The lowest BCUT2D eigenvalue weighted by molar-refractivity contribution is -0.123. The zero-order chi connectivity index (χ0) is 16.0. The molecule has 0 aromatic rings. The number of fused-ring (bicyclic) bond motifs is 4. The van der Waals surface area contributed by atoms with Crippen LogP contribution >= 0.6 is 0 Å². The fourth-order valence-corrected chi connectivity index (χ4v) is 6.02. The van der Waals surface area contributed by atoms with Gasteiger partial charge in [0.2, 0.25) is 0 Å². The third-order valence-electron chi connectivity index (χ3n) is 7.30. The van der Waals surface area contributed by atoms with Crippen molar-refractivity contribution in [1.29, 1.82) is 0 Å². The number of ketones is 2. The van der Waals surface area contributed by atoms with Crippen molar-refractivity contribution in [3.05, 3.63) is 23.3 Å². The maximum atomic E-state index is 12.9. The van der Waals surface area contributed by atoms with Crippen LogP contribution in [0, 0.1) is 40.9 Å². The molecule has 2 nitrogen and oxygen atoms in total. The van der Waals surface area contributed by atoms with Gasteiger partial charge in [-0.05, 0) is 42.4 Å². The second-order valence-corrected chi connectivity index (χ2v) is 8.72. The molecule has 118 valence electrons. The molecule has 0 N–H and O–H groups in total. The summed E-state index contributed by atoms with van der Waals surface area (Å²) < 4.78 is 0. The third-order valence-corrected chi connectivity index (χ3v) is 7.30. The van der Waals surface area contributed by atoms with Crippen molar-refractivity contribution in [3.63, 3.8) is 0 Å². The summed E-state index contributed by atoms with van der Waals surface area (Å²) in [7, 11) is 0. The first kappa shape index (κ1) is 14.4. The summed E-state index contributed by atoms with van der Waals surface area (Å²) in [6.07, 6.45) is 2.85. The van der Waals surface area contributed by atoms with Crippen LogP contribution in [0.4, 0.5) is 0 Å². The van der Waals surface area contributed by atoms with Crippen LogP contribution < -0.4 is 0 Å². The Bertz CT molecular complexity index is 636. The molecule has 0 amide bonds. The van der Waals surface area contributed by atoms with Crippen LogP contribution in [0.3, 0.4) is 0 Å². The van der Waals surface area contributed by atoms with Crippen molar-refractivity contribution < 1.29 is 9.59 Å². The highest BCUT2D eigenvalue weighted by Gasteiger charge is 2.66. The highest BCUT2D eigenvalue weighted by atomic mass is 16.1. The lowest BCUT2D eigenvalue weighted by atomic mass is 9.64. The van der Waals surface area contributed by atoms with Gasteiger partial charge in [0.1, 0.15) is 0 Å². The number of carbonyl (C=O) groups excluding carboxylic acids is 2. The summed E-state index contributed by atoms with van der Waals surface area (Å²) in [4.78, 5) is 25.6. The number of hydrogen-bond acceptors (Lipinski definition) is 2. The molecule has 0 saturated heterocycles. The first-order valence-electron chi connectivity index (χ1n) is 8.76. The highest BCUT2D eigenvalue weighted by molar-refractivity contribution is 6.13. The number of hydrogen-bond donors (Lipinski definition) is 0. The second-order valence-electron chi connectivity index (χ2n) is 8.72.